The number of nitrogens with zero attached hydrogens (tertiary/aromatic N) is 2. The van der Waals surface area contributed by atoms with E-state index in [0.29, 0.717) is 19.6 Å². The number of benzene rings is 1. The number of aromatic nitrogens is 1. The van der Waals surface area contributed by atoms with Crippen molar-refractivity contribution in [3.63, 3.8) is 0 Å². The highest BCUT2D eigenvalue weighted by Crippen LogP contribution is 2.31. The summed E-state index contributed by atoms with van der Waals surface area (Å²) in [7, 11) is 0. The maximum absolute atomic E-state index is 13.1. The van der Waals surface area contributed by atoms with E-state index in [1.54, 1.807) is 0 Å². The smallest absolute Gasteiger partial charge is 0.329 e. The Morgan fingerprint density at radius 3 is 2.39 bits per heavy atom. The van der Waals surface area contributed by atoms with Crippen LogP contribution >= 0.6 is 0 Å². The van der Waals surface area contributed by atoms with Crippen LogP contribution in [-0.4, -0.2) is 29.5 Å². The second-order valence-electron chi connectivity index (χ2n) is 5.30. The van der Waals surface area contributed by atoms with Gasteiger partial charge in [-0.25, -0.2) is 0 Å². The molecule has 0 radical (unpaired) electrons. The number of nitrogens with two attached hydrogens (primary N) is 1. The van der Waals surface area contributed by atoms with Gasteiger partial charge in [0.25, 0.3) is 0 Å². The van der Waals surface area contributed by atoms with Gasteiger partial charge in [0, 0.05) is 32.4 Å². The average Bonchev–Trinajstić information content (AvgIpc) is 2.53. The van der Waals surface area contributed by atoms with Gasteiger partial charge in [-0.05, 0) is 24.1 Å². The first kappa shape index (κ1) is 17.4. The van der Waals surface area contributed by atoms with E-state index >= 15 is 0 Å². The third kappa shape index (κ3) is 5.33. The minimum Gasteiger partial charge on any atom is -0.329 e. The van der Waals surface area contributed by atoms with Crippen molar-refractivity contribution in [2.75, 3.05) is 19.6 Å². The highest BCUT2D eigenvalue weighted by atomic mass is 19.4. The zero-order chi connectivity index (χ0) is 16.7. The molecule has 0 saturated carbocycles. The zero-order valence-corrected chi connectivity index (χ0v) is 12.8. The van der Waals surface area contributed by atoms with Gasteiger partial charge in [0.2, 0.25) is 0 Å². The molecule has 0 amide bonds. The van der Waals surface area contributed by atoms with Crippen molar-refractivity contribution in [3.8, 4) is 0 Å². The minimum atomic E-state index is -4.39. The summed E-state index contributed by atoms with van der Waals surface area (Å²) in [6, 6.07) is 12.2. The average molecular weight is 323 g/mol. The van der Waals surface area contributed by atoms with Crippen molar-refractivity contribution in [2.45, 2.75) is 19.1 Å². The molecule has 0 aliphatic carbocycles. The lowest BCUT2D eigenvalue weighted by molar-refractivity contribution is -0.138. The van der Waals surface area contributed by atoms with Gasteiger partial charge in [-0.1, -0.05) is 30.3 Å². The number of pyridine rings is 1. The molecule has 0 fully saturated rings. The number of hydrogen-bond acceptors (Lipinski definition) is 3. The Hall–Kier alpha value is -1.92. The van der Waals surface area contributed by atoms with Gasteiger partial charge in [0.05, 0.1) is 11.3 Å². The number of rotatable bonds is 7. The van der Waals surface area contributed by atoms with E-state index in [2.05, 4.69) is 4.98 Å². The predicted octanol–water partition coefficient (Wildman–Crippen LogP) is 3.10. The SMILES string of the molecule is NCCN(CCc1ccccc1)Cc1ncccc1C(F)(F)F. The molecular formula is C17H20F3N3. The van der Waals surface area contributed by atoms with Crippen LogP contribution in [0.4, 0.5) is 13.2 Å². The summed E-state index contributed by atoms with van der Waals surface area (Å²) in [5, 5.41) is 0. The van der Waals surface area contributed by atoms with E-state index in [0.717, 1.165) is 18.1 Å². The fourth-order valence-electron chi connectivity index (χ4n) is 2.42. The number of alkyl halides is 3. The number of hydrogen-bond donors (Lipinski definition) is 1. The highest BCUT2D eigenvalue weighted by Gasteiger charge is 2.34. The van der Waals surface area contributed by atoms with Crippen LogP contribution in [0.5, 0.6) is 0 Å². The van der Waals surface area contributed by atoms with Crippen molar-refractivity contribution in [1.29, 1.82) is 0 Å². The minimum absolute atomic E-state index is 0.0431. The zero-order valence-electron chi connectivity index (χ0n) is 12.8. The molecular weight excluding hydrogens is 303 g/mol. The van der Waals surface area contributed by atoms with Gasteiger partial charge in [-0.3, -0.25) is 9.88 Å². The lowest BCUT2D eigenvalue weighted by Crippen LogP contribution is -2.32. The largest absolute Gasteiger partial charge is 0.418 e. The molecule has 23 heavy (non-hydrogen) atoms. The fraction of sp³-hybridized carbons (Fsp3) is 0.353. The van der Waals surface area contributed by atoms with E-state index in [1.807, 2.05) is 35.2 Å². The predicted molar refractivity (Wildman–Crippen MR) is 83.7 cm³/mol. The molecule has 2 aromatic rings. The van der Waals surface area contributed by atoms with Crippen molar-refractivity contribution >= 4 is 0 Å². The Labute approximate surface area is 133 Å². The topological polar surface area (TPSA) is 42.1 Å². The molecule has 0 aliphatic heterocycles. The lowest BCUT2D eigenvalue weighted by atomic mass is 10.1. The van der Waals surface area contributed by atoms with Crippen molar-refractivity contribution in [2.24, 2.45) is 5.73 Å². The molecule has 0 bridgehead atoms. The van der Waals surface area contributed by atoms with Crippen molar-refractivity contribution in [3.05, 3.63) is 65.5 Å². The van der Waals surface area contributed by atoms with E-state index in [9.17, 15) is 13.2 Å². The van der Waals surface area contributed by atoms with Crippen LogP contribution in [0.2, 0.25) is 0 Å². The second-order valence-corrected chi connectivity index (χ2v) is 5.30. The van der Waals surface area contributed by atoms with E-state index < -0.39 is 11.7 Å². The van der Waals surface area contributed by atoms with Crippen LogP contribution < -0.4 is 5.73 Å². The molecule has 1 heterocycles. The molecule has 3 nitrogen and oxygen atoms in total. The normalized spacial score (nSPS) is 11.9. The van der Waals surface area contributed by atoms with Crippen LogP contribution in [0.3, 0.4) is 0 Å². The summed E-state index contributed by atoms with van der Waals surface area (Å²) >= 11 is 0. The fourth-order valence-corrected chi connectivity index (χ4v) is 2.42. The maximum Gasteiger partial charge on any atom is 0.418 e. The number of halogens is 3. The van der Waals surface area contributed by atoms with E-state index in [4.69, 9.17) is 5.73 Å². The molecule has 0 saturated heterocycles. The van der Waals surface area contributed by atoms with Crippen LogP contribution in [0, 0.1) is 0 Å². The van der Waals surface area contributed by atoms with Crippen LogP contribution in [0.15, 0.2) is 48.7 Å². The standard InChI is InChI=1S/C17H20F3N3/c18-17(19,20)15-7-4-10-22-16(15)13-23(12-9-21)11-8-14-5-2-1-3-6-14/h1-7,10H,8-9,11-13,21H2. The first-order chi connectivity index (χ1) is 11.0. The molecule has 1 aromatic carbocycles. The maximum atomic E-state index is 13.1. The van der Waals surface area contributed by atoms with E-state index in [1.165, 1.54) is 12.3 Å². The Morgan fingerprint density at radius 1 is 1.00 bits per heavy atom. The molecule has 1 aromatic heterocycles. The summed E-state index contributed by atoms with van der Waals surface area (Å²) in [5.74, 6) is 0. The molecule has 6 heteroatoms. The molecule has 0 aliphatic rings. The van der Waals surface area contributed by atoms with Crippen LogP contribution in [-0.2, 0) is 19.1 Å². The molecule has 2 rings (SSSR count). The monoisotopic (exact) mass is 323 g/mol. The Kier molecular flexibility index (Phi) is 6.12. The van der Waals surface area contributed by atoms with Crippen LogP contribution in [0.25, 0.3) is 0 Å². The molecule has 2 N–H and O–H groups in total. The summed E-state index contributed by atoms with van der Waals surface area (Å²) in [4.78, 5) is 5.83. The van der Waals surface area contributed by atoms with Crippen molar-refractivity contribution in [1.82, 2.24) is 9.88 Å². The van der Waals surface area contributed by atoms with Gasteiger partial charge in [-0.15, -0.1) is 0 Å². The van der Waals surface area contributed by atoms with Gasteiger partial charge >= 0.3 is 6.18 Å². The highest BCUT2D eigenvalue weighted by molar-refractivity contribution is 5.23. The second kappa shape index (κ2) is 8.08. The Bertz CT molecular complexity index is 600. The summed E-state index contributed by atoms with van der Waals surface area (Å²) < 4.78 is 39.2. The molecule has 0 spiro atoms. The van der Waals surface area contributed by atoms with Gasteiger partial charge < -0.3 is 5.73 Å². The molecule has 124 valence electrons. The van der Waals surface area contributed by atoms with Crippen molar-refractivity contribution < 1.29 is 13.2 Å². The Morgan fingerprint density at radius 2 is 1.74 bits per heavy atom. The summed E-state index contributed by atoms with van der Waals surface area (Å²) in [5.41, 5.74) is 6.10. The first-order valence-corrected chi connectivity index (χ1v) is 7.48. The Balaban J connectivity index is 2.08. The third-order valence-corrected chi connectivity index (χ3v) is 3.57. The van der Waals surface area contributed by atoms with E-state index in [-0.39, 0.29) is 12.2 Å². The summed E-state index contributed by atoms with van der Waals surface area (Å²) in [6.45, 7) is 1.69. The van der Waals surface area contributed by atoms with Gasteiger partial charge in [0.1, 0.15) is 0 Å². The van der Waals surface area contributed by atoms with Gasteiger partial charge in [0.15, 0.2) is 0 Å². The quantitative estimate of drug-likeness (QED) is 0.851. The molecule has 0 atom stereocenters. The van der Waals surface area contributed by atoms with Crippen LogP contribution in [0.1, 0.15) is 16.8 Å². The first-order valence-electron chi connectivity index (χ1n) is 7.48. The van der Waals surface area contributed by atoms with Gasteiger partial charge in [-0.2, -0.15) is 13.2 Å². The lowest BCUT2D eigenvalue weighted by Gasteiger charge is -2.23. The molecule has 0 unspecified atom stereocenters. The summed E-state index contributed by atoms with van der Waals surface area (Å²) in [6.07, 6.45) is -2.24. The third-order valence-electron chi connectivity index (χ3n) is 3.57.